The molecule has 0 atom stereocenters. The van der Waals surface area contributed by atoms with Crippen molar-refractivity contribution >= 4 is 16.9 Å². The Balaban J connectivity index is 2.13. The van der Waals surface area contributed by atoms with Crippen molar-refractivity contribution in [3.8, 4) is 0 Å². The molecule has 3 nitrogen and oxygen atoms in total. The van der Waals surface area contributed by atoms with Gasteiger partial charge in [-0.15, -0.1) is 0 Å². The van der Waals surface area contributed by atoms with Crippen molar-refractivity contribution in [2.45, 2.75) is 52.5 Å². The van der Waals surface area contributed by atoms with Crippen LogP contribution in [0.25, 0.3) is 11.0 Å². The van der Waals surface area contributed by atoms with E-state index in [9.17, 15) is 4.79 Å². The predicted octanol–water partition coefficient (Wildman–Crippen LogP) is 4.53. The van der Waals surface area contributed by atoms with Crippen molar-refractivity contribution in [2.75, 3.05) is 7.05 Å². The molecular weight excluding hydrogens is 262 g/mol. The van der Waals surface area contributed by atoms with Crippen molar-refractivity contribution in [3.05, 3.63) is 35.6 Å². The van der Waals surface area contributed by atoms with Gasteiger partial charge in [0.15, 0.2) is 0 Å². The lowest BCUT2D eigenvalue weighted by Gasteiger charge is -2.17. The predicted molar refractivity (Wildman–Crippen MR) is 86.2 cm³/mol. The van der Waals surface area contributed by atoms with E-state index in [1.807, 2.05) is 30.1 Å². The number of aryl methyl sites for hydroxylation is 1. The van der Waals surface area contributed by atoms with E-state index in [0.29, 0.717) is 13.0 Å². The third kappa shape index (κ3) is 3.66. The average Bonchev–Trinajstić information content (AvgIpc) is 2.85. The molecule has 0 spiro atoms. The second-order valence-corrected chi connectivity index (χ2v) is 5.56. The fourth-order valence-corrected chi connectivity index (χ4v) is 2.65. The van der Waals surface area contributed by atoms with Crippen LogP contribution in [0.4, 0.5) is 0 Å². The largest absolute Gasteiger partial charge is 0.461 e. The minimum absolute atomic E-state index is 0.218. The molecule has 1 aromatic carbocycles. The average molecular weight is 287 g/mol. The highest BCUT2D eigenvalue weighted by Gasteiger charge is 2.16. The monoisotopic (exact) mass is 287 g/mol. The van der Waals surface area contributed by atoms with Crippen LogP contribution in [-0.2, 0) is 17.8 Å². The smallest absolute Gasteiger partial charge is 0.222 e. The van der Waals surface area contributed by atoms with Crippen LogP contribution in [0.15, 0.2) is 28.7 Å². The highest BCUT2D eigenvalue weighted by atomic mass is 16.3. The van der Waals surface area contributed by atoms with Gasteiger partial charge in [-0.2, -0.15) is 0 Å². The molecule has 114 valence electrons. The van der Waals surface area contributed by atoms with E-state index in [4.69, 9.17) is 4.42 Å². The second kappa shape index (κ2) is 7.30. The number of amides is 1. The first kappa shape index (κ1) is 15.6. The van der Waals surface area contributed by atoms with Crippen molar-refractivity contribution < 1.29 is 9.21 Å². The standard InChI is InChI=1S/C18H25NO2/c1-4-6-7-12-18(20)19(3)13-15-14-10-8-9-11-17(14)21-16(15)5-2/h8-11H,4-7,12-13H2,1-3H3. The van der Waals surface area contributed by atoms with E-state index in [0.717, 1.165) is 48.0 Å². The first-order chi connectivity index (χ1) is 10.2. The Hall–Kier alpha value is -1.77. The minimum Gasteiger partial charge on any atom is -0.461 e. The van der Waals surface area contributed by atoms with Gasteiger partial charge in [0.05, 0.1) is 0 Å². The zero-order valence-corrected chi connectivity index (χ0v) is 13.3. The minimum atomic E-state index is 0.218. The van der Waals surface area contributed by atoms with E-state index in [1.165, 1.54) is 0 Å². The molecule has 1 heterocycles. The third-order valence-corrected chi connectivity index (χ3v) is 3.92. The van der Waals surface area contributed by atoms with Crippen LogP contribution in [0.3, 0.4) is 0 Å². The fraction of sp³-hybridized carbons (Fsp3) is 0.500. The lowest BCUT2D eigenvalue weighted by Crippen LogP contribution is -2.26. The maximum atomic E-state index is 12.2. The number of hydrogen-bond acceptors (Lipinski definition) is 2. The van der Waals surface area contributed by atoms with Gasteiger partial charge in [-0.25, -0.2) is 0 Å². The summed E-state index contributed by atoms with van der Waals surface area (Å²) in [6.07, 6.45) is 4.73. The zero-order valence-electron chi connectivity index (χ0n) is 13.3. The number of carbonyl (C=O) groups is 1. The van der Waals surface area contributed by atoms with E-state index in [2.05, 4.69) is 19.9 Å². The van der Waals surface area contributed by atoms with Gasteiger partial charge in [0.2, 0.25) is 5.91 Å². The van der Waals surface area contributed by atoms with Crippen LogP contribution < -0.4 is 0 Å². The molecule has 0 saturated heterocycles. The van der Waals surface area contributed by atoms with Gasteiger partial charge in [0.25, 0.3) is 0 Å². The zero-order chi connectivity index (χ0) is 15.2. The Labute approximate surface area is 126 Å². The second-order valence-electron chi connectivity index (χ2n) is 5.56. The van der Waals surface area contributed by atoms with Gasteiger partial charge in [-0.05, 0) is 12.5 Å². The quantitative estimate of drug-likeness (QED) is 0.701. The molecule has 0 aliphatic rings. The maximum Gasteiger partial charge on any atom is 0.222 e. The van der Waals surface area contributed by atoms with Crippen LogP contribution in [0, 0.1) is 0 Å². The van der Waals surface area contributed by atoms with Gasteiger partial charge < -0.3 is 9.32 Å². The summed E-state index contributed by atoms with van der Waals surface area (Å²) in [5.74, 6) is 1.21. The summed E-state index contributed by atoms with van der Waals surface area (Å²) in [6.45, 7) is 4.87. The van der Waals surface area contributed by atoms with Gasteiger partial charge >= 0.3 is 0 Å². The molecule has 0 unspecified atom stereocenters. The Bertz CT molecular complexity index is 600. The van der Waals surface area contributed by atoms with Gasteiger partial charge in [-0.3, -0.25) is 4.79 Å². The Morgan fingerprint density at radius 1 is 1.19 bits per heavy atom. The Kier molecular flexibility index (Phi) is 5.43. The molecule has 3 heteroatoms. The molecule has 0 fully saturated rings. The maximum absolute atomic E-state index is 12.2. The molecule has 1 aromatic heterocycles. The Morgan fingerprint density at radius 2 is 1.95 bits per heavy atom. The summed E-state index contributed by atoms with van der Waals surface area (Å²) in [5.41, 5.74) is 2.07. The van der Waals surface area contributed by atoms with Gasteiger partial charge in [0, 0.05) is 37.4 Å². The van der Waals surface area contributed by atoms with Crippen LogP contribution in [-0.4, -0.2) is 17.9 Å². The van der Waals surface area contributed by atoms with E-state index >= 15 is 0 Å². The third-order valence-electron chi connectivity index (χ3n) is 3.92. The van der Waals surface area contributed by atoms with Crippen molar-refractivity contribution in [1.82, 2.24) is 4.90 Å². The molecule has 2 rings (SSSR count). The van der Waals surface area contributed by atoms with Gasteiger partial charge in [0.1, 0.15) is 11.3 Å². The number of unbranched alkanes of at least 4 members (excludes halogenated alkanes) is 2. The molecule has 21 heavy (non-hydrogen) atoms. The lowest BCUT2D eigenvalue weighted by atomic mass is 10.1. The summed E-state index contributed by atoms with van der Waals surface area (Å²) in [5, 5.41) is 1.13. The first-order valence-corrected chi connectivity index (χ1v) is 7.90. The Morgan fingerprint density at radius 3 is 2.67 bits per heavy atom. The summed E-state index contributed by atoms with van der Waals surface area (Å²) in [6, 6.07) is 8.06. The van der Waals surface area contributed by atoms with E-state index in [-0.39, 0.29) is 5.91 Å². The SMILES string of the molecule is CCCCCC(=O)N(C)Cc1c(CC)oc2ccccc12. The highest BCUT2D eigenvalue weighted by molar-refractivity contribution is 5.83. The van der Waals surface area contributed by atoms with Crippen molar-refractivity contribution in [3.63, 3.8) is 0 Å². The molecule has 0 N–H and O–H groups in total. The lowest BCUT2D eigenvalue weighted by molar-refractivity contribution is -0.130. The summed E-state index contributed by atoms with van der Waals surface area (Å²) in [7, 11) is 1.88. The molecule has 0 aliphatic carbocycles. The summed E-state index contributed by atoms with van der Waals surface area (Å²) >= 11 is 0. The summed E-state index contributed by atoms with van der Waals surface area (Å²) in [4.78, 5) is 14.0. The number of carbonyl (C=O) groups excluding carboxylic acids is 1. The van der Waals surface area contributed by atoms with Crippen LogP contribution in [0.5, 0.6) is 0 Å². The molecule has 0 saturated carbocycles. The number of fused-ring (bicyclic) bond motifs is 1. The molecule has 0 radical (unpaired) electrons. The highest BCUT2D eigenvalue weighted by Crippen LogP contribution is 2.27. The van der Waals surface area contributed by atoms with Crippen molar-refractivity contribution in [2.24, 2.45) is 0 Å². The normalized spacial score (nSPS) is 11.0. The van der Waals surface area contributed by atoms with Crippen LogP contribution in [0.2, 0.25) is 0 Å². The summed E-state index contributed by atoms with van der Waals surface area (Å²) < 4.78 is 5.89. The topological polar surface area (TPSA) is 33.5 Å². The molecule has 0 aliphatic heterocycles. The number of para-hydroxylation sites is 1. The van der Waals surface area contributed by atoms with Gasteiger partial charge in [-0.1, -0.05) is 44.9 Å². The fourth-order valence-electron chi connectivity index (χ4n) is 2.65. The molecular formula is C18H25NO2. The number of nitrogens with zero attached hydrogens (tertiary/aromatic N) is 1. The van der Waals surface area contributed by atoms with Crippen LogP contribution >= 0.6 is 0 Å². The van der Waals surface area contributed by atoms with Crippen LogP contribution in [0.1, 0.15) is 50.9 Å². The number of rotatable bonds is 7. The molecule has 2 aromatic rings. The molecule has 0 bridgehead atoms. The number of furan rings is 1. The van der Waals surface area contributed by atoms with E-state index in [1.54, 1.807) is 0 Å². The number of benzene rings is 1. The number of hydrogen-bond donors (Lipinski definition) is 0. The van der Waals surface area contributed by atoms with Crippen molar-refractivity contribution in [1.29, 1.82) is 0 Å². The molecule has 1 amide bonds. The first-order valence-electron chi connectivity index (χ1n) is 7.90. The van der Waals surface area contributed by atoms with E-state index < -0.39 is 0 Å².